The molecule has 0 aliphatic rings. The number of phenols is 2. The molecule has 26 heteroatoms. The summed E-state index contributed by atoms with van der Waals surface area (Å²) in [5.74, 6) is -3.25. The van der Waals surface area contributed by atoms with E-state index in [1.165, 1.54) is 58.9 Å². The smallest absolute Gasteiger partial charge is 0.305 e. The SMILES string of the molecule is CC(=O)Nc1cc(N(CCOC(C)=O)CCOC(C)=O)ccc1N=Nc1ccc([N+](=O)[O-])cc1O.CCC(=O)OCCN(CCOC(C)=O)c1ccc(N=Nc2ccc([N+](=O)[O-])cc2O)c(NC(C)=O)c1. The number of esters is 4. The van der Waals surface area contributed by atoms with Gasteiger partial charge in [-0.3, -0.25) is 49.0 Å². The van der Waals surface area contributed by atoms with E-state index in [9.17, 15) is 59.2 Å². The molecule has 4 rings (SSSR count). The molecule has 0 radical (unpaired) electrons. The molecule has 4 aromatic rings. The maximum atomic E-state index is 11.8. The van der Waals surface area contributed by atoms with Crippen LogP contribution in [-0.4, -0.2) is 108 Å². The maximum absolute atomic E-state index is 11.8. The quantitative estimate of drug-likeness (QED) is 0.0183. The van der Waals surface area contributed by atoms with Gasteiger partial charge in [-0.15, -0.1) is 20.5 Å². The van der Waals surface area contributed by atoms with Crippen LogP contribution >= 0.6 is 0 Å². The Labute approximate surface area is 405 Å². The van der Waals surface area contributed by atoms with Crippen molar-refractivity contribution in [2.75, 3.05) is 73.0 Å². The van der Waals surface area contributed by atoms with Crippen molar-refractivity contribution < 1.29 is 67.8 Å². The van der Waals surface area contributed by atoms with Gasteiger partial charge in [0.2, 0.25) is 11.8 Å². The normalized spacial score (nSPS) is 10.6. The summed E-state index contributed by atoms with van der Waals surface area (Å²) in [5.41, 5.74) is 1.74. The largest absolute Gasteiger partial charge is 0.505 e. The van der Waals surface area contributed by atoms with Crippen molar-refractivity contribution in [3.05, 3.63) is 93.0 Å². The van der Waals surface area contributed by atoms with Crippen molar-refractivity contribution in [1.82, 2.24) is 0 Å². The summed E-state index contributed by atoms with van der Waals surface area (Å²) in [6.45, 7) is 9.73. The molecule has 0 spiro atoms. The molecule has 0 bridgehead atoms. The lowest BCUT2D eigenvalue weighted by Gasteiger charge is -2.25. The highest BCUT2D eigenvalue weighted by molar-refractivity contribution is 5.94. The summed E-state index contributed by atoms with van der Waals surface area (Å²) in [7, 11) is 0. The fourth-order valence-corrected chi connectivity index (χ4v) is 5.84. The Balaban J connectivity index is 0.000000375. The molecule has 71 heavy (non-hydrogen) atoms. The molecule has 0 unspecified atom stereocenters. The molecule has 0 heterocycles. The summed E-state index contributed by atoms with van der Waals surface area (Å²) in [6, 6.07) is 16.5. The van der Waals surface area contributed by atoms with E-state index in [2.05, 4.69) is 31.1 Å². The number of ether oxygens (including phenoxy) is 4. The van der Waals surface area contributed by atoms with Gasteiger partial charge in [-0.2, -0.15) is 0 Å². The van der Waals surface area contributed by atoms with E-state index in [0.717, 1.165) is 12.1 Å². The highest BCUT2D eigenvalue weighted by atomic mass is 16.6. The molecule has 0 aromatic heterocycles. The lowest BCUT2D eigenvalue weighted by molar-refractivity contribution is -0.385. The number of nitrogens with zero attached hydrogens (tertiary/aromatic N) is 8. The summed E-state index contributed by atoms with van der Waals surface area (Å²) in [4.78, 5) is 92.4. The van der Waals surface area contributed by atoms with Gasteiger partial charge in [0.25, 0.3) is 11.4 Å². The molecule has 0 saturated heterocycles. The van der Waals surface area contributed by atoms with Crippen molar-refractivity contribution in [1.29, 1.82) is 0 Å². The summed E-state index contributed by atoms with van der Waals surface area (Å²) < 4.78 is 20.2. The zero-order chi connectivity index (χ0) is 52.6. The zero-order valence-corrected chi connectivity index (χ0v) is 39.5. The number of anilines is 4. The van der Waals surface area contributed by atoms with Crippen LogP contribution in [0.15, 0.2) is 93.3 Å². The average molecular weight is 989 g/mol. The zero-order valence-electron chi connectivity index (χ0n) is 39.5. The van der Waals surface area contributed by atoms with E-state index >= 15 is 0 Å². The average Bonchev–Trinajstić information content (AvgIpc) is 3.29. The topological polar surface area (TPSA) is 346 Å². The molecule has 0 atom stereocenters. The standard InChI is InChI=1S/C23H27N5O8.C22H25N5O8/c1-4-23(32)36-12-10-27(9-11-35-16(3)30)17-5-7-19(21(13-17)24-15(2)29)25-26-20-8-6-18(28(33)34)14-22(20)31;1-14(28)23-21-12-17(26(8-10-34-15(2)29)9-11-35-16(3)30)4-6-19(21)24-25-20-7-5-18(27(32)33)13-22(20)31/h5-8,13-14,31H,4,9-12H2,1-3H3,(H,24,29);4-7,12-13,31H,8-11H2,1-3H3,(H,23,28). The van der Waals surface area contributed by atoms with Crippen LogP contribution in [0.2, 0.25) is 0 Å². The van der Waals surface area contributed by atoms with Gasteiger partial charge in [0.15, 0.2) is 0 Å². The number of nitro benzene ring substituents is 2. The number of nitro groups is 2. The number of hydrogen-bond donors (Lipinski definition) is 4. The molecule has 26 nitrogen and oxygen atoms in total. The number of hydrogen-bond acceptors (Lipinski definition) is 22. The van der Waals surface area contributed by atoms with E-state index in [1.807, 2.05) is 0 Å². The van der Waals surface area contributed by atoms with Crippen molar-refractivity contribution >= 4 is 92.6 Å². The van der Waals surface area contributed by atoms with Crippen LogP contribution in [0.25, 0.3) is 0 Å². The highest BCUT2D eigenvalue weighted by Gasteiger charge is 2.17. The third kappa shape index (κ3) is 20.0. The number of aromatic hydroxyl groups is 2. The van der Waals surface area contributed by atoms with Crippen LogP contribution in [-0.2, 0) is 47.7 Å². The Hall–Kier alpha value is -9.10. The molecule has 4 aromatic carbocycles. The molecular weight excluding hydrogens is 937 g/mol. The summed E-state index contributed by atoms with van der Waals surface area (Å²) in [5, 5.41) is 63.0. The number of azo groups is 2. The van der Waals surface area contributed by atoms with Crippen LogP contribution < -0.4 is 20.4 Å². The second-order valence-corrected chi connectivity index (χ2v) is 14.6. The molecular formula is C45H52N10O16. The van der Waals surface area contributed by atoms with E-state index in [4.69, 9.17) is 18.9 Å². The third-order valence-electron chi connectivity index (χ3n) is 9.10. The second-order valence-electron chi connectivity index (χ2n) is 14.6. The predicted octanol–water partition coefficient (Wildman–Crippen LogP) is 7.60. The van der Waals surface area contributed by atoms with Gasteiger partial charge in [-0.05, 0) is 48.5 Å². The van der Waals surface area contributed by atoms with Gasteiger partial charge >= 0.3 is 23.9 Å². The molecule has 0 aliphatic heterocycles. The number of carbonyl (C=O) groups is 6. The van der Waals surface area contributed by atoms with Gasteiger partial charge in [0.1, 0.15) is 60.7 Å². The fraction of sp³-hybridized carbons (Fsp3) is 0.333. The van der Waals surface area contributed by atoms with Gasteiger partial charge in [-0.1, -0.05) is 6.92 Å². The fourth-order valence-electron chi connectivity index (χ4n) is 5.84. The third-order valence-corrected chi connectivity index (χ3v) is 9.10. The summed E-state index contributed by atoms with van der Waals surface area (Å²) in [6.07, 6.45) is 0.240. The Bertz CT molecular complexity index is 2620. The number of rotatable bonds is 23. The molecule has 0 saturated carbocycles. The number of nitrogens with one attached hydrogen (secondary N) is 2. The van der Waals surface area contributed by atoms with E-state index in [1.54, 1.807) is 53.1 Å². The molecule has 2 amide bonds. The first-order valence-electron chi connectivity index (χ1n) is 21.3. The van der Waals surface area contributed by atoms with Gasteiger partial charge in [-0.25, -0.2) is 0 Å². The van der Waals surface area contributed by atoms with Crippen molar-refractivity contribution in [2.45, 2.75) is 48.0 Å². The summed E-state index contributed by atoms with van der Waals surface area (Å²) >= 11 is 0. The van der Waals surface area contributed by atoms with Crippen molar-refractivity contribution in [2.24, 2.45) is 20.5 Å². The molecule has 0 aliphatic carbocycles. The van der Waals surface area contributed by atoms with Gasteiger partial charge in [0.05, 0.1) is 59.5 Å². The number of amides is 2. The van der Waals surface area contributed by atoms with Gasteiger partial charge in [0, 0.05) is 64.5 Å². The van der Waals surface area contributed by atoms with Crippen LogP contribution in [0, 0.1) is 20.2 Å². The lowest BCUT2D eigenvalue weighted by Crippen LogP contribution is -2.32. The number of carbonyl (C=O) groups excluding carboxylic acids is 6. The number of phenolic OH excluding ortho intramolecular Hbond substituents is 2. The molecule has 4 N–H and O–H groups in total. The monoisotopic (exact) mass is 988 g/mol. The minimum Gasteiger partial charge on any atom is -0.505 e. The van der Waals surface area contributed by atoms with Crippen LogP contribution in [0.5, 0.6) is 11.5 Å². The van der Waals surface area contributed by atoms with E-state index in [-0.39, 0.29) is 97.8 Å². The Kier molecular flexibility index (Phi) is 22.4. The first-order valence-corrected chi connectivity index (χ1v) is 21.3. The Morgan fingerprint density at radius 2 is 0.845 bits per heavy atom. The molecule has 378 valence electrons. The minimum absolute atomic E-state index is 0.000741. The van der Waals surface area contributed by atoms with E-state index in [0.29, 0.717) is 35.8 Å². The predicted molar refractivity (Wildman–Crippen MR) is 255 cm³/mol. The van der Waals surface area contributed by atoms with Crippen LogP contribution in [0.4, 0.5) is 56.9 Å². The maximum Gasteiger partial charge on any atom is 0.305 e. The highest BCUT2D eigenvalue weighted by Crippen LogP contribution is 2.37. The Morgan fingerprint density at radius 1 is 0.521 bits per heavy atom. The second kappa shape index (κ2) is 28.3. The van der Waals surface area contributed by atoms with Crippen LogP contribution in [0.1, 0.15) is 48.0 Å². The Morgan fingerprint density at radius 3 is 1.14 bits per heavy atom. The number of benzene rings is 4. The van der Waals surface area contributed by atoms with Gasteiger partial charge < -0.3 is 49.6 Å². The van der Waals surface area contributed by atoms with E-state index < -0.39 is 39.3 Å². The van der Waals surface area contributed by atoms with Crippen molar-refractivity contribution in [3.8, 4) is 11.5 Å². The number of non-ortho nitro benzene ring substituents is 2. The first-order chi connectivity index (χ1) is 33.7. The van der Waals surface area contributed by atoms with Crippen molar-refractivity contribution in [3.63, 3.8) is 0 Å². The minimum atomic E-state index is -0.650. The molecule has 0 fully saturated rings. The van der Waals surface area contributed by atoms with Crippen LogP contribution in [0.3, 0.4) is 0 Å². The first kappa shape index (κ1) is 56.2. The lowest BCUT2D eigenvalue weighted by atomic mass is 10.2.